The summed E-state index contributed by atoms with van der Waals surface area (Å²) in [6.07, 6.45) is 2.90. The van der Waals surface area contributed by atoms with Crippen molar-refractivity contribution in [1.29, 1.82) is 0 Å². The Morgan fingerprint density at radius 2 is 2.05 bits per heavy atom. The lowest BCUT2D eigenvalue weighted by atomic mass is 9.93. The summed E-state index contributed by atoms with van der Waals surface area (Å²) in [5.41, 5.74) is 5.84. The number of carbonyl (C=O) groups is 1. The summed E-state index contributed by atoms with van der Waals surface area (Å²) in [5, 5.41) is 3.12. The van der Waals surface area contributed by atoms with Gasteiger partial charge in [-0.05, 0) is 37.8 Å². The van der Waals surface area contributed by atoms with Crippen molar-refractivity contribution in [3.63, 3.8) is 0 Å². The Morgan fingerprint density at radius 1 is 1.40 bits per heavy atom. The van der Waals surface area contributed by atoms with Gasteiger partial charge < -0.3 is 15.8 Å². The number of nitrogens with one attached hydrogen (secondary N) is 1. The first kappa shape index (κ1) is 17.4. The van der Waals surface area contributed by atoms with E-state index in [2.05, 4.69) is 31.0 Å². The minimum atomic E-state index is 0.0497. The predicted octanol–water partition coefficient (Wildman–Crippen LogP) is 0.979. The lowest BCUT2D eigenvalue weighted by Gasteiger charge is -2.32. The van der Waals surface area contributed by atoms with Crippen LogP contribution in [0.15, 0.2) is 0 Å². The third kappa shape index (κ3) is 6.68. The smallest absolute Gasteiger partial charge is 0.234 e. The van der Waals surface area contributed by atoms with E-state index in [9.17, 15) is 4.79 Å². The molecular formula is C15H31N3O2. The standard InChI is InChI=1S/C15H31N3O2/c1-4-7-18(12-15(2,3)11-16)10-14(19)17-13-5-8-20-9-6-13/h13H,4-12,16H2,1-3H3,(H,17,19). The average Bonchev–Trinajstić information content (AvgIpc) is 2.39. The van der Waals surface area contributed by atoms with Gasteiger partial charge in [-0.25, -0.2) is 0 Å². The lowest BCUT2D eigenvalue weighted by molar-refractivity contribution is -0.123. The van der Waals surface area contributed by atoms with E-state index in [0.717, 1.165) is 45.6 Å². The highest BCUT2D eigenvalue weighted by Crippen LogP contribution is 2.15. The Bertz CT molecular complexity index is 289. The number of ether oxygens (including phenoxy) is 1. The first-order valence-electron chi connectivity index (χ1n) is 7.76. The van der Waals surface area contributed by atoms with Gasteiger partial charge in [0, 0.05) is 25.8 Å². The van der Waals surface area contributed by atoms with Gasteiger partial charge in [-0.1, -0.05) is 20.8 Å². The highest BCUT2D eigenvalue weighted by Gasteiger charge is 2.22. The molecule has 0 bridgehead atoms. The molecule has 0 aromatic heterocycles. The summed E-state index contributed by atoms with van der Waals surface area (Å²) in [4.78, 5) is 14.4. The Kier molecular flexibility index (Phi) is 7.48. The van der Waals surface area contributed by atoms with Crippen LogP contribution in [-0.2, 0) is 9.53 Å². The van der Waals surface area contributed by atoms with Crippen molar-refractivity contribution in [2.45, 2.75) is 46.1 Å². The minimum absolute atomic E-state index is 0.0497. The van der Waals surface area contributed by atoms with Gasteiger partial charge in [0.15, 0.2) is 0 Å². The molecule has 0 saturated carbocycles. The maximum Gasteiger partial charge on any atom is 0.234 e. The first-order chi connectivity index (χ1) is 9.46. The Labute approximate surface area is 123 Å². The molecule has 0 aromatic carbocycles. The maximum absolute atomic E-state index is 12.1. The molecule has 1 amide bonds. The normalized spacial score (nSPS) is 17.4. The van der Waals surface area contributed by atoms with Crippen molar-refractivity contribution in [3.8, 4) is 0 Å². The summed E-state index contributed by atoms with van der Waals surface area (Å²) in [6.45, 7) is 10.8. The number of rotatable bonds is 8. The predicted molar refractivity (Wildman–Crippen MR) is 81.6 cm³/mol. The summed E-state index contributed by atoms with van der Waals surface area (Å²) in [5.74, 6) is 0.123. The molecule has 0 radical (unpaired) electrons. The monoisotopic (exact) mass is 285 g/mol. The van der Waals surface area contributed by atoms with Gasteiger partial charge in [-0.3, -0.25) is 9.69 Å². The summed E-state index contributed by atoms with van der Waals surface area (Å²) < 4.78 is 5.31. The third-order valence-electron chi connectivity index (χ3n) is 3.70. The minimum Gasteiger partial charge on any atom is -0.381 e. The zero-order valence-corrected chi connectivity index (χ0v) is 13.3. The molecule has 5 heteroatoms. The van der Waals surface area contributed by atoms with E-state index in [0.29, 0.717) is 13.1 Å². The molecule has 118 valence electrons. The van der Waals surface area contributed by atoms with E-state index in [1.165, 1.54) is 0 Å². The fraction of sp³-hybridized carbons (Fsp3) is 0.933. The molecule has 0 spiro atoms. The van der Waals surface area contributed by atoms with Gasteiger partial charge in [0.1, 0.15) is 0 Å². The highest BCUT2D eigenvalue weighted by atomic mass is 16.5. The van der Waals surface area contributed by atoms with E-state index in [4.69, 9.17) is 10.5 Å². The van der Waals surface area contributed by atoms with Crippen LogP contribution in [0.25, 0.3) is 0 Å². The molecular weight excluding hydrogens is 254 g/mol. The largest absolute Gasteiger partial charge is 0.381 e. The van der Waals surface area contributed by atoms with Gasteiger partial charge in [0.25, 0.3) is 0 Å². The number of hydrogen-bond acceptors (Lipinski definition) is 4. The number of nitrogens with zero attached hydrogens (tertiary/aromatic N) is 1. The lowest BCUT2D eigenvalue weighted by Crippen LogP contribution is -2.47. The molecule has 20 heavy (non-hydrogen) atoms. The van der Waals surface area contributed by atoms with Crippen LogP contribution in [0.5, 0.6) is 0 Å². The maximum atomic E-state index is 12.1. The summed E-state index contributed by atoms with van der Waals surface area (Å²) >= 11 is 0. The molecule has 1 aliphatic heterocycles. The Morgan fingerprint density at radius 3 is 2.60 bits per heavy atom. The van der Waals surface area contributed by atoms with E-state index < -0.39 is 0 Å². The van der Waals surface area contributed by atoms with E-state index >= 15 is 0 Å². The second-order valence-electron chi connectivity index (χ2n) is 6.53. The van der Waals surface area contributed by atoms with Crippen LogP contribution >= 0.6 is 0 Å². The Hall–Kier alpha value is -0.650. The second-order valence-corrected chi connectivity index (χ2v) is 6.53. The van der Waals surface area contributed by atoms with Crippen LogP contribution in [0.3, 0.4) is 0 Å². The van der Waals surface area contributed by atoms with Gasteiger partial charge in [-0.15, -0.1) is 0 Å². The third-order valence-corrected chi connectivity index (χ3v) is 3.70. The average molecular weight is 285 g/mol. The van der Waals surface area contributed by atoms with Crippen LogP contribution < -0.4 is 11.1 Å². The van der Waals surface area contributed by atoms with Gasteiger partial charge in [0.05, 0.1) is 6.54 Å². The Balaban J connectivity index is 2.41. The van der Waals surface area contributed by atoms with E-state index in [1.54, 1.807) is 0 Å². The van der Waals surface area contributed by atoms with E-state index in [-0.39, 0.29) is 17.4 Å². The van der Waals surface area contributed by atoms with Crippen LogP contribution in [-0.4, -0.2) is 56.2 Å². The topological polar surface area (TPSA) is 67.6 Å². The molecule has 1 fully saturated rings. The van der Waals surface area contributed by atoms with Crippen molar-refractivity contribution < 1.29 is 9.53 Å². The van der Waals surface area contributed by atoms with Crippen LogP contribution in [0.4, 0.5) is 0 Å². The van der Waals surface area contributed by atoms with Crippen LogP contribution in [0, 0.1) is 5.41 Å². The summed E-state index contributed by atoms with van der Waals surface area (Å²) in [6, 6.07) is 0.280. The number of nitrogens with two attached hydrogens (primary N) is 1. The molecule has 0 aromatic rings. The molecule has 1 aliphatic rings. The van der Waals surface area contributed by atoms with Crippen molar-refractivity contribution in [3.05, 3.63) is 0 Å². The SMILES string of the molecule is CCCN(CC(=O)NC1CCOCC1)CC(C)(C)CN. The van der Waals surface area contributed by atoms with E-state index in [1.807, 2.05) is 0 Å². The van der Waals surface area contributed by atoms with Gasteiger partial charge in [-0.2, -0.15) is 0 Å². The molecule has 1 rings (SSSR count). The number of amides is 1. The molecule has 5 nitrogen and oxygen atoms in total. The van der Waals surface area contributed by atoms with Crippen molar-refractivity contribution in [2.24, 2.45) is 11.1 Å². The molecule has 1 saturated heterocycles. The fourth-order valence-corrected chi connectivity index (χ4v) is 2.52. The summed E-state index contributed by atoms with van der Waals surface area (Å²) in [7, 11) is 0. The molecule has 1 heterocycles. The molecule has 0 aliphatic carbocycles. The molecule has 0 atom stereocenters. The van der Waals surface area contributed by atoms with Crippen LogP contribution in [0.2, 0.25) is 0 Å². The van der Waals surface area contributed by atoms with Gasteiger partial charge >= 0.3 is 0 Å². The fourth-order valence-electron chi connectivity index (χ4n) is 2.52. The van der Waals surface area contributed by atoms with Crippen molar-refractivity contribution in [2.75, 3.05) is 39.4 Å². The molecule has 0 unspecified atom stereocenters. The van der Waals surface area contributed by atoms with Gasteiger partial charge in [0.2, 0.25) is 5.91 Å². The molecule has 3 N–H and O–H groups in total. The quantitative estimate of drug-likeness (QED) is 0.697. The zero-order valence-electron chi connectivity index (χ0n) is 13.3. The number of hydrogen-bond donors (Lipinski definition) is 2. The second kappa shape index (κ2) is 8.60. The highest BCUT2D eigenvalue weighted by molar-refractivity contribution is 5.78. The van der Waals surface area contributed by atoms with Crippen molar-refractivity contribution in [1.82, 2.24) is 10.2 Å². The number of carbonyl (C=O) groups excluding carboxylic acids is 1. The van der Waals surface area contributed by atoms with Crippen molar-refractivity contribution >= 4 is 5.91 Å². The first-order valence-corrected chi connectivity index (χ1v) is 7.76. The van der Waals surface area contributed by atoms with Crippen LogP contribution in [0.1, 0.15) is 40.0 Å². The zero-order chi connectivity index (χ0) is 15.0.